The van der Waals surface area contributed by atoms with Gasteiger partial charge in [-0.1, -0.05) is 12.1 Å². The van der Waals surface area contributed by atoms with Crippen LogP contribution in [0.1, 0.15) is 22.8 Å². The minimum atomic E-state index is -0.624. The van der Waals surface area contributed by atoms with Gasteiger partial charge in [0.2, 0.25) is 0 Å². The summed E-state index contributed by atoms with van der Waals surface area (Å²) in [5.74, 6) is -0.420. The molecule has 30 heavy (non-hydrogen) atoms. The summed E-state index contributed by atoms with van der Waals surface area (Å²) in [4.78, 5) is 36.7. The zero-order valence-corrected chi connectivity index (χ0v) is 17.1. The lowest BCUT2D eigenvalue weighted by Crippen LogP contribution is -2.37. The standard InChI is InChI=1S/C22H24N2O6/c1-4-30-20(25)14-23-22(27)19(13-15-5-9-17(28-2)10-6-15)24-21(26)16-7-11-18(29-3)12-8-16/h5-13H,4,14H2,1-3H3,(H,23,27)(H,24,26). The smallest absolute Gasteiger partial charge is 0.325 e. The molecule has 0 unspecified atom stereocenters. The summed E-state index contributed by atoms with van der Waals surface area (Å²) in [6.07, 6.45) is 1.50. The van der Waals surface area contributed by atoms with E-state index in [1.807, 2.05) is 0 Å². The SMILES string of the molecule is CCOC(=O)CNC(=O)C(=Cc1ccc(OC)cc1)NC(=O)c1ccc(OC)cc1. The fourth-order valence-corrected chi connectivity index (χ4v) is 2.42. The Morgan fingerprint density at radius 1 is 0.900 bits per heavy atom. The number of benzene rings is 2. The molecular weight excluding hydrogens is 388 g/mol. The van der Waals surface area contributed by atoms with E-state index < -0.39 is 17.8 Å². The summed E-state index contributed by atoms with van der Waals surface area (Å²) in [6.45, 7) is 1.56. The van der Waals surface area contributed by atoms with Crippen LogP contribution in [0.3, 0.4) is 0 Å². The minimum absolute atomic E-state index is 0.0229. The molecular formula is C22H24N2O6. The lowest BCUT2D eigenvalue weighted by molar-refractivity contribution is -0.143. The number of carbonyl (C=O) groups excluding carboxylic acids is 3. The Bertz CT molecular complexity index is 904. The molecule has 0 spiro atoms. The van der Waals surface area contributed by atoms with Crippen LogP contribution in [-0.2, 0) is 14.3 Å². The fraction of sp³-hybridized carbons (Fsp3) is 0.227. The van der Waals surface area contributed by atoms with Gasteiger partial charge in [-0.25, -0.2) is 0 Å². The Kier molecular flexibility index (Phi) is 8.43. The maximum atomic E-state index is 12.6. The van der Waals surface area contributed by atoms with Crippen LogP contribution in [0.15, 0.2) is 54.2 Å². The number of ether oxygens (including phenoxy) is 3. The van der Waals surface area contributed by atoms with Crippen LogP contribution in [0, 0.1) is 0 Å². The Hall–Kier alpha value is -3.81. The number of rotatable bonds is 9. The molecule has 0 saturated heterocycles. The maximum absolute atomic E-state index is 12.6. The van der Waals surface area contributed by atoms with E-state index in [9.17, 15) is 14.4 Å². The summed E-state index contributed by atoms with van der Waals surface area (Å²) in [5, 5.41) is 5.03. The van der Waals surface area contributed by atoms with E-state index >= 15 is 0 Å². The third-order valence-corrected chi connectivity index (χ3v) is 3.97. The molecule has 8 nitrogen and oxygen atoms in total. The number of hydrogen-bond donors (Lipinski definition) is 2. The molecule has 0 radical (unpaired) electrons. The topological polar surface area (TPSA) is 103 Å². The van der Waals surface area contributed by atoms with Gasteiger partial charge in [-0.2, -0.15) is 0 Å². The lowest BCUT2D eigenvalue weighted by atomic mass is 10.1. The van der Waals surface area contributed by atoms with Crippen LogP contribution in [0.5, 0.6) is 11.5 Å². The Morgan fingerprint density at radius 3 is 2.00 bits per heavy atom. The molecule has 2 aromatic carbocycles. The quantitative estimate of drug-likeness (QED) is 0.483. The number of esters is 1. The third kappa shape index (κ3) is 6.66. The zero-order valence-electron chi connectivity index (χ0n) is 17.1. The second-order valence-corrected chi connectivity index (χ2v) is 6.00. The number of carbonyl (C=O) groups is 3. The average Bonchev–Trinajstić information content (AvgIpc) is 2.77. The zero-order chi connectivity index (χ0) is 21.9. The highest BCUT2D eigenvalue weighted by Crippen LogP contribution is 2.15. The molecule has 158 valence electrons. The van der Waals surface area contributed by atoms with Crippen molar-refractivity contribution in [3.8, 4) is 11.5 Å². The van der Waals surface area contributed by atoms with Gasteiger partial charge in [0.1, 0.15) is 23.7 Å². The van der Waals surface area contributed by atoms with Gasteiger partial charge in [0, 0.05) is 5.56 Å². The second-order valence-electron chi connectivity index (χ2n) is 6.00. The van der Waals surface area contributed by atoms with E-state index in [4.69, 9.17) is 14.2 Å². The van der Waals surface area contributed by atoms with Gasteiger partial charge in [0.05, 0.1) is 20.8 Å². The largest absolute Gasteiger partial charge is 0.497 e. The Morgan fingerprint density at radius 2 is 1.47 bits per heavy atom. The van der Waals surface area contributed by atoms with Crippen molar-refractivity contribution in [1.29, 1.82) is 0 Å². The van der Waals surface area contributed by atoms with E-state index in [2.05, 4.69) is 10.6 Å². The summed E-state index contributed by atoms with van der Waals surface area (Å²) in [7, 11) is 3.08. The summed E-state index contributed by atoms with van der Waals surface area (Å²) in [6, 6.07) is 13.4. The molecule has 0 heterocycles. The third-order valence-electron chi connectivity index (χ3n) is 3.97. The first-order valence-electron chi connectivity index (χ1n) is 9.21. The Labute approximate surface area is 174 Å². The van der Waals surface area contributed by atoms with Crippen LogP contribution in [-0.4, -0.2) is 45.2 Å². The first kappa shape index (κ1) is 22.5. The van der Waals surface area contributed by atoms with E-state index in [-0.39, 0.29) is 18.8 Å². The molecule has 0 aliphatic carbocycles. The summed E-state index contributed by atoms with van der Waals surface area (Å²) >= 11 is 0. The highest BCUT2D eigenvalue weighted by molar-refractivity contribution is 6.05. The van der Waals surface area contributed by atoms with Crippen molar-refractivity contribution >= 4 is 23.9 Å². The van der Waals surface area contributed by atoms with Crippen LogP contribution in [0.25, 0.3) is 6.08 Å². The molecule has 2 aromatic rings. The number of hydrogen-bond acceptors (Lipinski definition) is 6. The van der Waals surface area contributed by atoms with E-state index in [0.717, 1.165) is 0 Å². The average molecular weight is 412 g/mol. The van der Waals surface area contributed by atoms with Crippen molar-refractivity contribution < 1.29 is 28.6 Å². The molecule has 0 saturated carbocycles. The maximum Gasteiger partial charge on any atom is 0.325 e. The molecule has 0 atom stereocenters. The van der Waals surface area contributed by atoms with Gasteiger partial charge < -0.3 is 24.8 Å². The highest BCUT2D eigenvalue weighted by Gasteiger charge is 2.16. The molecule has 0 aromatic heterocycles. The van der Waals surface area contributed by atoms with Crippen molar-refractivity contribution in [2.45, 2.75) is 6.92 Å². The predicted octanol–water partition coefficient (Wildman–Crippen LogP) is 2.15. The lowest BCUT2D eigenvalue weighted by Gasteiger charge is -2.11. The molecule has 0 aliphatic rings. The van der Waals surface area contributed by atoms with Crippen molar-refractivity contribution in [2.24, 2.45) is 0 Å². The van der Waals surface area contributed by atoms with Gasteiger partial charge >= 0.3 is 5.97 Å². The molecule has 2 amide bonds. The number of amides is 2. The normalized spacial score (nSPS) is 10.7. The van der Waals surface area contributed by atoms with Gasteiger partial charge in [0.15, 0.2) is 0 Å². The monoisotopic (exact) mass is 412 g/mol. The summed E-state index contributed by atoms with van der Waals surface area (Å²) in [5.41, 5.74) is 0.979. The Balaban J connectivity index is 2.22. The predicted molar refractivity (Wildman–Crippen MR) is 111 cm³/mol. The minimum Gasteiger partial charge on any atom is -0.497 e. The molecule has 8 heteroatoms. The van der Waals surface area contributed by atoms with Crippen LogP contribution >= 0.6 is 0 Å². The molecule has 0 aliphatic heterocycles. The van der Waals surface area contributed by atoms with Crippen molar-refractivity contribution in [2.75, 3.05) is 27.4 Å². The van der Waals surface area contributed by atoms with Crippen molar-refractivity contribution in [3.63, 3.8) is 0 Å². The van der Waals surface area contributed by atoms with Crippen LogP contribution in [0.2, 0.25) is 0 Å². The van der Waals surface area contributed by atoms with Gasteiger partial charge in [-0.15, -0.1) is 0 Å². The highest BCUT2D eigenvalue weighted by atomic mass is 16.5. The number of nitrogens with one attached hydrogen (secondary N) is 2. The first-order chi connectivity index (χ1) is 14.5. The number of methoxy groups -OCH3 is 2. The molecule has 2 N–H and O–H groups in total. The first-order valence-corrected chi connectivity index (χ1v) is 9.21. The molecule has 2 rings (SSSR count). The van der Waals surface area contributed by atoms with Crippen molar-refractivity contribution in [3.05, 3.63) is 65.4 Å². The van der Waals surface area contributed by atoms with E-state index in [1.54, 1.807) is 62.6 Å². The second kappa shape index (κ2) is 11.3. The van der Waals surface area contributed by atoms with Crippen LogP contribution in [0.4, 0.5) is 0 Å². The van der Waals surface area contributed by atoms with Gasteiger partial charge in [0.25, 0.3) is 11.8 Å². The fourth-order valence-electron chi connectivity index (χ4n) is 2.42. The van der Waals surface area contributed by atoms with Crippen LogP contribution < -0.4 is 20.1 Å². The summed E-state index contributed by atoms with van der Waals surface area (Å²) < 4.78 is 15.0. The molecule has 0 bridgehead atoms. The van der Waals surface area contributed by atoms with Crippen molar-refractivity contribution in [1.82, 2.24) is 10.6 Å². The van der Waals surface area contributed by atoms with E-state index in [1.165, 1.54) is 13.2 Å². The van der Waals surface area contributed by atoms with Gasteiger partial charge in [-0.05, 0) is 55.0 Å². The van der Waals surface area contributed by atoms with E-state index in [0.29, 0.717) is 22.6 Å². The van der Waals surface area contributed by atoms with Gasteiger partial charge in [-0.3, -0.25) is 14.4 Å². The molecule has 0 fully saturated rings.